The number of hydrogen-bond donors (Lipinski definition) is 1. The van der Waals surface area contributed by atoms with Gasteiger partial charge in [0.1, 0.15) is 0 Å². The van der Waals surface area contributed by atoms with E-state index in [2.05, 4.69) is 15.5 Å². The van der Waals surface area contributed by atoms with Crippen LogP contribution in [0.1, 0.15) is 38.1 Å². The van der Waals surface area contributed by atoms with E-state index in [1.807, 2.05) is 20.8 Å². The van der Waals surface area contributed by atoms with Crippen LogP contribution in [0.2, 0.25) is 0 Å². The summed E-state index contributed by atoms with van der Waals surface area (Å²) in [5.74, 6) is -0.546. The lowest BCUT2D eigenvalue weighted by Gasteiger charge is -2.23. The van der Waals surface area contributed by atoms with E-state index in [9.17, 15) is 9.59 Å². The predicted octanol–water partition coefficient (Wildman–Crippen LogP) is 2.20. The molecule has 122 valence electrons. The predicted molar refractivity (Wildman–Crippen MR) is 82.5 cm³/mol. The summed E-state index contributed by atoms with van der Waals surface area (Å²) in [6.45, 7) is 7.10. The lowest BCUT2D eigenvalue weighted by molar-refractivity contribution is -0.130. The highest BCUT2D eigenvalue weighted by Crippen LogP contribution is 2.17. The minimum Gasteiger partial charge on any atom is -0.449 e. The second kappa shape index (κ2) is 6.60. The molecule has 1 heterocycles. The molecule has 0 aliphatic rings. The Kier molecular flexibility index (Phi) is 4.78. The van der Waals surface area contributed by atoms with Gasteiger partial charge in [0, 0.05) is 11.1 Å². The molecule has 1 N–H and O–H groups in total. The summed E-state index contributed by atoms with van der Waals surface area (Å²) >= 11 is 0. The largest absolute Gasteiger partial charge is 0.449 e. The highest BCUT2D eigenvalue weighted by Gasteiger charge is 2.22. The van der Waals surface area contributed by atoms with Gasteiger partial charge >= 0.3 is 5.97 Å². The number of esters is 1. The molecule has 0 aliphatic carbocycles. The number of nitrogens with zero attached hydrogens (tertiary/aromatic N) is 2. The van der Waals surface area contributed by atoms with Gasteiger partial charge in [-0.2, -0.15) is 0 Å². The zero-order chi connectivity index (χ0) is 17.0. The molecule has 0 radical (unpaired) electrons. The van der Waals surface area contributed by atoms with Crippen LogP contribution in [0, 0.1) is 0 Å². The maximum Gasteiger partial charge on any atom is 0.338 e. The number of hydrogen-bond acceptors (Lipinski definition) is 6. The van der Waals surface area contributed by atoms with Gasteiger partial charge in [-0.05, 0) is 52.0 Å². The first kappa shape index (κ1) is 16.7. The highest BCUT2D eigenvalue weighted by atomic mass is 16.5. The summed E-state index contributed by atoms with van der Waals surface area (Å²) in [6, 6.07) is 6.50. The second-order valence-electron chi connectivity index (χ2n) is 6.11. The van der Waals surface area contributed by atoms with Crippen LogP contribution in [-0.2, 0) is 9.53 Å². The quantitative estimate of drug-likeness (QED) is 0.869. The van der Waals surface area contributed by atoms with Crippen molar-refractivity contribution in [1.29, 1.82) is 0 Å². The first-order valence-corrected chi connectivity index (χ1v) is 7.16. The molecular weight excluding hydrogens is 298 g/mol. The number of aromatic nitrogens is 2. The number of amides is 1. The standard InChI is InChI=1S/C16H19N3O4/c1-10(13(20)18-16(2,3)4)23-15(21)12-7-5-11(6-8-12)14-19-17-9-22-14/h5-10H,1-4H3,(H,18,20)/t10-/m0/s1. The average Bonchev–Trinajstić information content (AvgIpc) is 2.99. The van der Waals surface area contributed by atoms with Crippen molar-refractivity contribution in [2.75, 3.05) is 0 Å². The number of carbonyl (C=O) groups excluding carboxylic acids is 2. The number of rotatable bonds is 4. The average molecular weight is 317 g/mol. The Hall–Kier alpha value is -2.70. The van der Waals surface area contributed by atoms with Gasteiger partial charge in [0.15, 0.2) is 6.10 Å². The first-order chi connectivity index (χ1) is 10.8. The van der Waals surface area contributed by atoms with Gasteiger partial charge in [-0.25, -0.2) is 4.79 Å². The minimum absolute atomic E-state index is 0.337. The molecule has 7 heteroatoms. The third-order valence-electron chi connectivity index (χ3n) is 2.88. The number of carbonyl (C=O) groups is 2. The third kappa shape index (κ3) is 4.64. The molecule has 0 fully saturated rings. The smallest absolute Gasteiger partial charge is 0.338 e. The molecule has 23 heavy (non-hydrogen) atoms. The Morgan fingerprint density at radius 3 is 2.39 bits per heavy atom. The molecule has 0 saturated carbocycles. The molecule has 0 spiro atoms. The van der Waals surface area contributed by atoms with Crippen molar-refractivity contribution in [1.82, 2.24) is 15.5 Å². The number of benzene rings is 1. The van der Waals surface area contributed by atoms with Gasteiger partial charge in [0.05, 0.1) is 5.56 Å². The van der Waals surface area contributed by atoms with E-state index in [4.69, 9.17) is 9.15 Å². The van der Waals surface area contributed by atoms with E-state index >= 15 is 0 Å². The van der Waals surface area contributed by atoms with Gasteiger partial charge in [-0.15, -0.1) is 10.2 Å². The topological polar surface area (TPSA) is 94.3 Å². The van der Waals surface area contributed by atoms with Crippen molar-refractivity contribution in [2.45, 2.75) is 39.3 Å². The molecule has 2 rings (SSSR count). The Morgan fingerprint density at radius 2 is 1.87 bits per heavy atom. The molecule has 1 amide bonds. The van der Waals surface area contributed by atoms with Crippen LogP contribution >= 0.6 is 0 Å². The molecule has 0 saturated heterocycles. The molecule has 1 aromatic carbocycles. The van der Waals surface area contributed by atoms with Gasteiger partial charge < -0.3 is 14.5 Å². The Bertz CT molecular complexity index is 672. The fourth-order valence-corrected chi connectivity index (χ4v) is 1.80. The molecule has 0 unspecified atom stereocenters. The summed E-state index contributed by atoms with van der Waals surface area (Å²) in [5.41, 5.74) is 0.643. The summed E-state index contributed by atoms with van der Waals surface area (Å²) < 4.78 is 10.2. The Balaban J connectivity index is 1.99. The molecule has 7 nitrogen and oxygen atoms in total. The van der Waals surface area contributed by atoms with Gasteiger partial charge in [0.25, 0.3) is 5.91 Å². The van der Waals surface area contributed by atoms with Crippen molar-refractivity contribution < 1.29 is 18.7 Å². The monoisotopic (exact) mass is 317 g/mol. The van der Waals surface area contributed by atoms with Crippen molar-refractivity contribution >= 4 is 11.9 Å². The van der Waals surface area contributed by atoms with Crippen LogP contribution in [0.15, 0.2) is 35.1 Å². The fourth-order valence-electron chi connectivity index (χ4n) is 1.80. The molecule has 2 aromatic rings. The lowest BCUT2D eigenvalue weighted by Crippen LogP contribution is -2.46. The summed E-state index contributed by atoms with van der Waals surface area (Å²) in [7, 11) is 0. The van der Waals surface area contributed by atoms with Crippen LogP contribution in [0.5, 0.6) is 0 Å². The van der Waals surface area contributed by atoms with Crippen molar-refractivity contribution in [3.63, 3.8) is 0 Å². The summed E-state index contributed by atoms with van der Waals surface area (Å²) in [5, 5.41) is 10.1. The Morgan fingerprint density at radius 1 is 1.22 bits per heavy atom. The van der Waals surface area contributed by atoms with Gasteiger partial charge in [-0.3, -0.25) is 4.79 Å². The summed E-state index contributed by atoms with van der Waals surface area (Å²) in [4.78, 5) is 24.0. The van der Waals surface area contributed by atoms with Gasteiger partial charge in [-0.1, -0.05) is 0 Å². The van der Waals surface area contributed by atoms with E-state index in [0.29, 0.717) is 17.0 Å². The van der Waals surface area contributed by atoms with E-state index < -0.39 is 12.1 Å². The zero-order valence-electron chi connectivity index (χ0n) is 13.5. The van der Waals surface area contributed by atoms with E-state index in [-0.39, 0.29) is 11.4 Å². The van der Waals surface area contributed by atoms with E-state index in [1.165, 1.54) is 13.3 Å². The van der Waals surface area contributed by atoms with Crippen LogP contribution < -0.4 is 5.32 Å². The molecule has 1 aromatic heterocycles. The minimum atomic E-state index is -0.877. The van der Waals surface area contributed by atoms with Crippen LogP contribution in [-0.4, -0.2) is 33.7 Å². The maximum absolute atomic E-state index is 12.1. The Labute approximate surface area is 134 Å². The van der Waals surface area contributed by atoms with Crippen molar-refractivity contribution in [3.05, 3.63) is 36.2 Å². The second-order valence-corrected chi connectivity index (χ2v) is 6.11. The number of ether oxygens (including phenoxy) is 1. The van der Waals surface area contributed by atoms with Gasteiger partial charge in [0.2, 0.25) is 12.3 Å². The van der Waals surface area contributed by atoms with Crippen LogP contribution in [0.3, 0.4) is 0 Å². The maximum atomic E-state index is 12.1. The fraction of sp³-hybridized carbons (Fsp3) is 0.375. The van der Waals surface area contributed by atoms with E-state index in [0.717, 1.165) is 0 Å². The van der Waals surface area contributed by atoms with Crippen LogP contribution in [0.4, 0.5) is 0 Å². The molecular formula is C16H19N3O4. The highest BCUT2D eigenvalue weighted by molar-refractivity contribution is 5.92. The van der Waals surface area contributed by atoms with Crippen molar-refractivity contribution in [2.24, 2.45) is 0 Å². The normalized spacial score (nSPS) is 12.5. The molecule has 0 bridgehead atoms. The zero-order valence-corrected chi connectivity index (χ0v) is 13.5. The van der Waals surface area contributed by atoms with E-state index in [1.54, 1.807) is 24.3 Å². The SMILES string of the molecule is C[C@H](OC(=O)c1ccc(-c2nnco2)cc1)C(=O)NC(C)(C)C. The molecule has 1 atom stereocenters. The third-order valence-corrected chi connectivity index (χ3v) is 2.88. The molecule has 0 aliphatic heterocycles. The summed E-state index contributed by atoms with van der Waals surface area (Å²) in [6.07, 6.45) is 0.352. The lowest BCUT2D eigenvalue weighted by atomic mass is 10.1. The number of nitrogens with one attached hydrogen (secondary N) is 1. The van der Waals surface area contributed by atoms with Crippen molar-refractivity contribution in [3.8, 4) is 11.5 Å². The van der Waals surface area contributed by atoms with Crippen LogP contribution in [0.25, 0.3) is 11.5 Å². The first-order valence-electron chi connectivity index (χ1n) is 7.16.